The highest BCUT2D eigenvalue weighted by Gasteiger charge is 2.12. The standard InChI is InChI=1S/C19H15FIN3O2S2/c20-12-5-7-13(8-6-12)22-17(25)11-27-9-14-10-28-19(23-14)24-18(26)15-3-1-2-4-16(15)21/h1-8,10H,9,11H2,(H,22,25)(H,23,24,26). The van der Waals surface area contributed by atoms with Crippen molar-refractivity contribution >= 4 is 68.3 Å². The minimum atomic E-state index is -0.347. The second kappa shape index (κ2) is 9.99. The number of nitrogens with zero attached hydrogens (tertiary/aromatic N) is 1. The van der Waals surface area contributed by atoms with Crippen LogP contribution in [0.4, 0.5) is 15.2 Å². The van der Waals surface area contributed by atoms with E-state index in [4.69, 9.17) is 0 Å². The van der Waals surface area contributed by atoms with E-state index in [2.05, 4.69) is 38.2 Å². The summed E-state index contributed by atoms with van der Waals surface area (Å²) in [4.78, 5) is 28.6. The molecule has 0 atom stereocenters. The summed E-state index contributed by atoms with van der Waals surface area (Å²) in [6.45, 7) is 0. The van der Waals surface area contributed by atoms with Crippen molar-refractivity contribution in [2.45, 2.75) is 5.75 Å². The van der Waals surface area contributed by atoms with Crippen LogP contribution < -0.4 is 10.6 Å². The van der Waals surface area contributed by atoms with Crippen LogP contribution in [0.2, 0.25) is 0 Å². The van der Waals surface area contributed by atoms with Crippen molar-refractivity contribution in [1.29, 1.82) is 0 Å². The highest BCUT2D eigenvalue weighted by Crippen LogP contribution is 2.21. The summed E-state index contributed by atoms with van der Waals surface area (Å²) >= 11 is 4.88. The Kier molecular flexibility index (Phi) is 7.40. The number of amides is 2. The van der Waals surface area contributed by atoms with Gasteiger partial charge >= 0.3 is 0 Å². The lowest BCUT2D eigenvalue weighted by atomic mass is 10.2. The Morgan fingerprint density at radius 1 is 1.11 bits per heavy atom. The maximum Gasteiger partial charge on any atom is 0.258 e. The molecule has 0 saturated carbocycles. The van der Waals surface area contributed by atoms with Gasteiger partial charge in [0.25, 0.3) is 5.91 Å². The quantitative estimate of drug-likeness (QED) is 0.424. The number of thioether (sulfide) groups is 1. The SMILES string of the molecule is O=C(CSCc1csc(NC(=O)c2ccccc2I)n1)Nc1ccc(F)cc1. The second-order valence-corrected chi connectivity index (χ2v) is 8.63. The molecular formula is C19H15FIN3O2S2. The molecule has 0 aliphatic rings. The highest BCUT2D eigenvalue weighted by atomic mass is 127. The van der Waals surface area contributed by atoms with Gasteiger partial charge in [0.15, 0.2) is 5.13 Å². The summed E-state index contributed by atoms with van der Waals surface area (Å²) in [5, 5.41) is 7.89. The smallest absolute Gasteiger partial charge is 0.258 e. The topological polar surface area (TPSA) is 71.1 Å². The normalized spacial score (nSPS) is 10.5. The van der Waals surface area contributed by atoms with E-state index in [0.717, 1.165) is 9.26 Å². The van der Waals surface area contributed by atoms with Crippen molar-refractivity contribution in [2.75, 3.05) is 16.4 Å². The van der Waals surface area contributed by atoms with E-state index in [1.165, 1.54) is 47.4 Å². The zero-order valence-corrected chi connectivity index (χ0v) is 18.2. The van der Waals surface area contributed by atoms with E-state index in [9.17, 15) is 14.0 Å². The van der Waals surface area contributed by atoms with Crippen molar-refractivity contribution in [3.8, 4) is 0 Å². The number of thiazole rings is 1. The van der Waals surface area contributed by atoms with Crippen LogP contribution in [-0.4, -0.2) is 22.6 Å². The lowest BCUT2D eigenvalue weighted by Gasteiger charge is -2.04. The van der Waals surface area contributed by atoms with Crippen LogP contribution in [0.5, 0.6) is 0 Å². The van der Waals surface area contributed by atoms with Crippen LogP contribution in [-0.2, 0) is 10.5 Å². The van der Waals surface area contributed by atoms with Crippen molar-refractivity contribution in [2.24, 2.45) is 0 Å². The first-order valence-electron chi connectivity index (χ1n) is 8.15. The predicted molar refractivity (Wildman–Crippen MR) is 120 cm³/mol. The van der Waals surface area contributed by atoms with Crippen LogP contribution in [0.1, 0.15) is 16.1 Å². The fourth-order valence-electron chi connectivity index (χ4n) is 2.22. The number of rotatable bonds is 7. The molecule has 0 fully saturated rings. The fraction of sp³-hybridized carbons (Fsp3) is 0.105. The molecule has 9 heteroatoms. The Labute approximate surface area is 183 Å². The number of hydrogen-bond acceptors (Lipinski definition) is 5. The van der Waals surface area contributed by atoms with Gasteiger partial charge in [0, 0.05) is 20.4 Å². The molecule has 3 aromatic rings. The number of halogens is 2. The molecule has 28 heavy (non-hydrogen) atoms. The van der Waals surface area contributed by atoms with Crippen LogP contribution >= 0.6 is 45.7 Å². The maximum absolute atomic E-state index is 12.9. The highest BCUT2D eigenvalue weighted by molar-refractivity contribution is 14.1. The molecule has 0 unspecified atom stereocenters. The largest absolute Gasteiger partial charge is 0.325 e. The molecular weight excluding hydrogens is 512 g/mol. The van der Waals surface area contributed by atoms with E-state index in [0.29, 0.717) is 22.1 Å². The third-order valence-corrected chi connectivity index (χ3v) is 6.22. The summed E-state index contributed by atoms with van der Waals surface area (Å²) in [5.41, 5.74) is 1.95. The van der Waals surface area contributed by atoms with Crippen LogP contribution in [0.15, 0.2) is 53.9 Å². The first-order valence-corrected chi connectivity index (χ1v) is 11.3. The fourth-order valence-corrected chi connectivity index (χ4v) is 4.38. The third kappa shape index (κ3) is 6.01. The van der Waals surface area contributed by atoms with Crippen molar-refractivity contribution < 1.29 is 14.0 Å². The van der Waals surface area contributed by atoms with E-state index in [1.807, 2.05) is 23.6 Å². The average Bonchev–Trinajstić information content (AvgIpc) is 3.11. The molecule has 0 aliphatic carbocycles. The molecule has 0 spiro atoms. The van der Waals surface area contributed by atoms with Crippen molar-refractivity contribution in [1.82, 2.24) is 4.98 Å². The molecule has 2 aromatic carbocycles. The molecule has 1 aromatic heterocycles. The summed E-state index contributed by atoms with van der Waals surface area (Å²) in [6, 6.07) is 13.0. The Morgan fingerprint density at radius 3 is 2.61 bits per heavy atom. The third-order valence-electron chi connectivity index (χ3n) is 3.50. The van der Waals surface area contributed by atoms with Crippen LogP contribution in [0.3, 0.4) is 0 Å². The van der Waals surface area contributed by atoms with Crippen LogP contribution in [0, 0.1) is 9.39 Å². The number of carbonyl (C=O) groups excluding carboxylic acids is 2. The van der Waals surface area contributed by atoms with E-state index in [-0.39, 0.29) is 23.4 Å². The molecule has 5 nitrogen and oxygen atoms in total. The van der Waals surface area contributed by atoms with Gasteiger partial charge in [0.05, 0.1) is 17.0 Å². The summed E-state index contributed by atoms with van der Waals surface area (Å²) in [7, 11) is 0. The van der Waals surface area contributed by atoms with Gasteiger partial charge in [-0.2, -0.15) is 0 Å². The molecule has 0 aliphatic heterocycles. The van der Waals surface area contributed by atoms with Crippen molar-refractivity contribution in [3.63, 3.8) is 0 Å². The zero-order valence-electron chi connectivity index (χ0n) is 14.4. The minimum absolute atomic E-state index is 0.168. The number of aromatic nitrogens is 1. The van der Waals surface area contributed by atoms with Gasteiger partial charge in [-0.15, -0.1) is 23.1 Å². The molecule has 0 saturated heterocycles. The predicted octanol–water partition coefficient (Wildman–Crippen LogP) is 5.01. The molecule has 144 valence electrons. The van der Waals surface area contributed by atoms with Gasteiger partial charge in [-0.3, -0.25) is 14.9 Å². The van der Waals surface area contributed by atoms with Gasteiger partial charge < -0.3 is 5.32 Å². The summed E-state index contributed by atoms with van der Waals surface area (Å²) < 4.78 is 13.7. The molecule has 0 bridgehead atoms. The Morgan fingerprint density at radius 2 is 1.86 bits per heavy atom. The molecule has 3 rings (SSSR count). The number of benzene rings is 2. The lowest BCUT2D eigenvalue weighted by Crippen LogP contribution is -2.14. The molecule has 2 amide bonds. The Bertz CT molecular complexity index is 979. The Hall–Kier alpha value is -1.98. The van der Waals surface area contributed by atoms with Gasteiger partial charge in [0.2, 0.25) is 5.91 Å². The van der Waals surface area contributed by atoms with Gasteiger partial charge in [-0.25, -0.2) is 9.37 Å². The zero-order chi connectivity index (χ0) is 19.9. The molecule has 0 radical (unpaired) electrons. The van der Waals surface area contributed by atoms with Gasteiger partial charge in [0.1, 0.15) is 5.82 Å². The van der Waals surface area contributed by atoms with E-state index in [1.54, 1.807) is 6.07 Å². The minimum Gasteiger partial charge on any atom is -0.325 e. The molecule has 1 heterocycles. The first-order chi connectivity index (χ1) is 13.5. The average molecular weight is 527 g/mol. The Balaban J connectivity index is 1.45. The summed E-state index contributed by atoms with van der Waals surface area (Å²) in [6.07, 6.45) is 0. The second-order valence-electron chi connectivity index (χ2n) is 5.63. The number of nitrogens with one attached hydrogen (secondary N) is 2. The maximum atomic E-state index is 12.9. The number of hydrogen-bond donors (Lipinski definition) is 2. The first kappa shape index (κ1) is 20.7. The molecule has 2 N–H and O–H groups in total. The van der Waals surface area contributed by atoms with Gasteiger partial charge in [-0.05, 0) is 59.0 Å². The van der Waals surface area contributed by atoms with E-state index >= 15 is 0 Å². The van der Waals surface area contributed by atoms with Gasteiger partial charge in [-0.1, -0.05) is 12.1 Å². The van der Waals surface area contributed by atoms with Crippen molar-refractivity contribution in [3.05, 3.63) is 74.6 Å². The number of anilines is 2. The lowest BCUT2D eigenvalue weighted by molar-refractivity contribution is -0.113. The number of carbonyl (C=O) groups is 2. The monoisotopic (exact) mass is 527 g/mol. The van der Waals surface area contributed by atoms with Crippen LogP contribution in [0.25, 0.3) is 0 Å². The summed E-state index contributed by atoms with van der Waals surface area (Å²) in [5.74, 6) is 0.0854. The van der Waals surface area contributed by atoms with E-state index < -0.39 is 0 Å².